The number of nitrogens with zero attached hydrogens (tertiary/aromatic N) is 2. The van der Waals surface area contributed by atoms with Crippen LogP contribution in [0.2, 0.25) is 0 Å². The molecular formula is C12H24N2O4S. The Kier molecular flexibility index (Phi) is 5.34. The quantitative estimate of drug-likeness (QED) is 0.763. The lowest BCUT2D eigenvalue weighted by molar-refractivity contribution is -0.148. The van der Waals surface area contributed by atoms with Crippen LogP contribution >= 0.6 is 0 Å². The van der Waals surface area contributed by atoms with Gasteiger partial charge in [-0.3, -0.25) is 4.79 Å². The fourth-order valence-corrected chi connectivity index (χ4v) is 3.83. The van der Waals surface area contributed by atoms with Crippen LogP contribution in [0, 0.1) is 5.41 Å². The van der Waals surface area contributed by atoms with E-state index in [0.29, 0.717) is 25.9 Å². The second-order valence-electron chi connectivity index (χ2n) is 5.21. The van der Waals surface area contributed by atoms with E-state index in [-0.39, 0.29) is 6.54 Å². The van der Waals surface area contributed by atoms with Crippen molar-refractivity contribution >= 4 is 16.2 Å². The predicted molar refractivity (Wildman–Crippen MR) is 73.0 cm³/mol. The van der Waals surface area contributed by atoms with Crippen molar-refractivity contribution in [3.8, 4) is 0 Å². The van der Waals surface area contributed by atoms with Crippen molar-refractivity contribution in [2.24, 2.45) is 5.41 Å². The Bertz CT molecular complexity index is 423. The summed E-state index contributed by atoms with van der Waals surface area (Å²) in [4.78, 5) is 11.3. The second-order valence-corrected chi connectivity index (χ2v) is 7.24. The molecule has 1 fully saturated rings. The summed E-state index contributed by atoms with van der Waals surface area (Å²) >= 11 is 0. The molecule has 112 valence electrons. The first-order chi connectivity index (χ1) is 8.80. The number of hydrogen-bond acceptors (Lipinski definition) is 3. The molecule has 0 bridgehead atoms. The smallest absolute Gasteiger partial charge is 0.311 e. The molecule has 0 aromatic rings. The number of carboxylic acids is 1. The number of hydrogen-bond donors (Lipinski definition) is 1. The highest BCUT2D eigenvalue weighted by atomic mass is 32.2. The third kappa shape index (κ3) is 3.27. The minimum atomic E-state index is -3.52. The third-order valence-corrected chi connectivity index (χ3v) is 5.93. The zero-order valence-electron chi connectivity index (χ0n) is 11.9. The summed E-state index contributed by atoms with van der Waals surface area (Å²) in [5.74, 6) is -0.899. The summed E-state index contributed by atoms with van der Waals surface area (Å²) in [5, 5.41) is 9.29. The van der Waals surface area contributed by atoms with Crippen LogP contribution in [0.15, 0.2) is 0 Å². The SMILES string of the molecule is CCCCN(C)S(=O)(=O)N1CCC(CC)(C(=O)O)C1. The number of carboxylic acid groups (broad SMARTS) is 1. The maximum atomic E-state index is 12.3. The molecule has 0 aromatic carbocycles. The van der Waals surface area contributed by atoms with Gasteiger partial charge in [0.2, 0.25) is 0 Å². The Morgan fingerprint density at radius 1 is 1.42 bits per heavy atom. The maximum Gasteiger partial charge on any atom is 0.311 e. The van der Waals surface area contributed by atoms with Crippen molar-refractivity contribution < 1.29 is 18.3 Å². The lowest BCUT2D eigenvalue weighted by Crippen LogP contribution is -2.43. The summed E-state index contributed by atoms with van der Waals surface area (Å²) in [5.41, 5.74) is -0.918. The first kappa shape index (κ1) is 16.4. The first-order valence-corrected chi connectivity index (χ1v) is 8.14. The minimum absolute atomic E-state index is 0.0810. The van der Waals surface area contributed by atoms with Gasteiger partial charge < -0.3 is 5.11 Å². The summed E-state index contributed by atoms with van der Waals surface area (Å²) in [7, 11) is -1.97. The standard InChI is InChI=1S/C12H24N2O4S/c1-4-6-8-13(3)19(17,18)14-9-7-12(5-2,10-14)11(15)16/h4-10H2,1-3H3,(H,15,16). The van der Waals surface area contributed by atoms with Crippen LogP contribution in [0.5, 0.6) is 0 Å². The van der Waals surface area contributed by atoms with Gasteiger partial charge in [0.05, 0.1) is 5.41 Å². The van der Waals surface area contributed by atoms with Crippen molar-refractivity contribution in [1.29, 1.82) is 0 Å². The molecule has 0 saturated carbocycles. The van der Waals surface area contributed by atoms with Crippen molar-refractivity contribution in [1.82, 2.24) is 8.61 Å². The van der Waals surface area contributed by atoms with E-state index in [9.17, 15) is 18.3 Å². The van der Waals surface area contributed by atoms with Crippen LogP contribution in [-0.2, 0) is 15.0 Å². The average Bonchev–Trinajstić information content (AvgIpc) is 2.82. The van der Waals surface area contributed by atoms with Crippen LogP contribution in [0.4, 0.5) is 0 Å². The van der Waals surface area contributed by atoms with Gasteiger partial charge in [0.25, 0.3) is 10.2 Å². The van der Waals surface area contributed by atoms with Crippen LogP contribution in [-0.4, -0.2) is 54.8 Å². The lowest BCUT2D eigenvalue weighted by atomic mass is 9.85. The second kappa shape index (κ2) is 6.19. The molecule has 19 heavy (non-hydrogen) atoms. The predicted octanol–water partition coefficient (Wildman–Crippen LogP) is 1.15. The molecule has 0 aromatic heterocycles. The van der Waals surface area contributed by atoms with Gasteiger partial charge in [0.15, 0.2) is 0 Å². The van der Waals surface area contributed by atoms with Gasteiger partial charge in [-0.25, -0.2) is 0 Å². The third-order valence-electron chi connectivity index (χ3n) is 4.00. The van der Waals surface area contributed by atoms with Gasteiger partial charge in [-0.15, -0.1) is 0 Å². The minimum Gasteiger partial charge on any atom is -0.481 e. The average molecular weight is 292 g/mol. The van der Waals surface area contributed by atoms with Crippen molar-refractivity contribution in [3.05, 3.63) is 0 Å². The van der Waals surface area contributed by atoms with Crippen LogP contribution in [0.3, 0.4) is 0 Å². The molecule has 1 rings (SSSR count). The molecule has 0 amide bonds. The Hall–Kier alpha value is -0.660. The number of rotatable bonds is 7. The molecule has 7 heteroatoms. The van der Waals surface area contributed by atoms with Crippen molar-refractivity contribution in [2.75, 3.05) is 26.7 Å². The van der Waals surface area contributed by atoms with Gasteiger partial charge in [-0.2, -0.15) is 17.0 Å². The molecule has 1 aliphatic heterocycles. The van der Waals surface area contributed by atoms with Gasteiger partial charge in [-0.1, -0.05) is 20.3 Å². The van der Waals surface area contributed by atoms with E-state index in [1.54, 1.807) is 14.0 Å². The molecule has 6 nitrogen and oxygen atoms in total. The largest absolute Gasteiger partial charge is 0.481 e. The summed E-state index contributed by atoms with van der Waals surface area (Å²) in [6.45, 7) is 4.64. The highest BCUT2D eigenvalue weighted by molar-refractivity contribution is 7.86. The number of unbranched alkanes of at least 4 members (excludes halogenated alkanes) is 1. The maximum absolute atomic E-state index is 12.3. The molecule has 1 aliphatic rings. The Morgan fingerprint density at radius 3 is 2.47 bits per heavy atom. The topological polar surface area (TPSA) is 77.9 Å². The van der Waals surface area contributed by atoms with E-state index in [0.717, 1.165) is 12.8 Å². The van der Waals surface area contributed by atoms with Crippen molar-refractivity contribution in [3.63, 3.8) is 0 Å². The molecule has 1 atom stereocenters. The molecule has 1 N–H and O–H groups in total. The normalized spacial score (nSPS) is 25.1. The van der Waals surface area contributed by atoms with E-state index < -0.39 is 21.6 Å². The molecule has 1 saturated heterocycles. The number of carbonyl (C=O) groups is 1. The monoisotopic (exact) mass is 292 g/mol. The molecular weight excluding hydrogens is 268 g/mol. The highest BCUT2D eigenvalue weighted by Crippen LogP contribution is 2.35. The van der Waals surface area contributed by atoms with E-state index in [2.05, 4.69) is 0 Å². The summed E-state index contributed by atoms with van der Waals surface area (Å²) in [6, 6.07) is 0. The van der Waals surface area contributed by atoms with E-state index >= 15 is 0 Å². The van der Waals surface area contributed by atoms with Gasteiger partial charge in [-0.05, 0) is 19.3 Å². The first-order valence-electron chi connectivity index (χ1n) is 6.75. The summed E-state index contributed by atoms with van der Waals surface area (Å²) < 4.78 is 27.3. The zero-order chi connectivity index (χ0) is 14.7. The summed E-state index contributed by atoms with van der Waals surface area (Å²) in [6.07, 6.45) is 2.57. The molecule has 0 aliphatic carbocycles. The van der Waals surface area contributed by atoms with Gasteiger partial charge in [0.1, 0.15) is 0 Å². The van der Waals surface area contributed by atoms with Crippen molar-refractivity contribution in [2.45, 2.75) is 39.5 Å². The Balaban J connectivity index is 2.80. The Labute approximate surface area is 115 Å². The fraction of sp³-hybridized carbons (Fsp3) is 0.917. The zero-order valence-corrected chi connectivity index (χ0v) is 12.7. The van der Waals surface area contributed by atoms with E-state index in [1.807, 2.05) is 6.92 Å². The molecule has 0 radical (unpaired) electrons. The van der Waals surface area contributed by atoms with Gasteiger partial charge in [0, 0.05) is 26.7 Å². The molecule has 0 spiro atoms. The van der Waals surface area contributed by atoms with E-state index in [1.165, 1.54) is 8.61 Å². The van der Waals surface area contributed by atoms with Crippen LogP contribution in [0.25, 0.3) is 0 Å². The van der Waals surface area contributed by atoms with E-state index in [4.69, 9.17) is 0 Å². The molecule has 1 unspecified atom stereocenters. The fourth-order valence-electron chi connectivity index (χ4n) is 2.34. The number of aliphatic carboxylic acids is 1. The molecule has 1 heterocycles. The van der Waals surface area contributed by atoms with Crippen LogP contribution < -0.4 is 0 Å². The van der Waals surface area contributed by atoms with Crippen LogP contribution in [0.1, 0.15) is 39.5 Å². The van der Waals surface area contributed by atoms with Gasteiger partial charge >= 0.3 is 5.97 Å². The lowest BCUT2D eigenvalue weighted by Gasteiger charge is -2.26. The Morgan fingerprint density at radius 2 is 2.05 bits per heavy atom. The highest BCUT2D eigenvalue weighted by Gasteiger charge is 2.47.